The van der Waals surface area contributed by atoms with Crippen LogP contribution in [0.3, 0.4) is 0 Å². The Morgan fingerprint density at radius 3 is 2.47 bits per heavy atom. The van der Waals surface area contributed by atoms with Crippen molar-refractivity contribution in [1.82, 2.24) is 0 Å². The van der Waals surface area contributed by atoms with Crippen molar-refractivity contribution in [1.29, 1.82) is 0 Å². The fourth-order valence-corrected chi connectivity index (χ4v) is 1.34. The van der Waals surface area contributed by atoms with Gasteiger partial charge in [0.1, 0.15) is 5.75 Å². The number of benzene rings is 1. The van der Waals surface area contributed by atoms with Gasteiger partial charge in [0.15, 0.2) is 5.78 Å². The van der Waals surface area contributed by atoms with Gasteiger partial charge in [-0.3, -0.25) is 14.9 Å². The van der Waals surface area contributed by atoms with Crippen molar-refractivity contribution < 1.29 is 23.2 Å². The Morgan fingerprint density at radius 2 is 2.06 bits per heavy atom. The van der Waals surface area contributed by atoms with Gasteiger partial charge in [-0.15, -0.1) is 0 Å². The molecule has 0 unspecified atom stereocenters. The van der Waals surface area contributed by atoms with Gasteiger partial charge in [0.05, 0.1) is 10.5 Å². The second-order valence-corrected chi connectivity index (χ2v) is 3.33. The van der Waals surface area contributed by atoms with Gasteiger partial charge in [0, 0.05) is 11.6 Å². The second kappa shape index (κ2) is 4.86. The first-order valence-corrected chi connectivity index (χ1v) is 4.57. The van der Waals surface area contributed by atoms with E-state index >= 15 is 0 Å². The van der Waals surface area contributed by atoms with Crippen LogP contribution in [0.4, 0.5) is 14.5 Å². The van der Waals surface area contributed by atoms with Gasteiger partial charge in [0.25, 0.3) is 5.69 Å². The zero-order chi connectivity index (χ0) is 13.2. The quantitative estimate of drug-likeness (QED) is 0.464. The smallest absolute Gasteiger partial charge is 0.387 e. The van der Waals surface area contributed by atoms with Gasteiger partial charge in [-0.1, -0.05) is 0 Å². The van der Waals surface area contributed by atoms with Crippen molar-refractivity contribution in [3.8, 4) is 5.75 Å². The van der Waals surface area contributed by atoms with Gasteiger partial charge >= 0.3 is 6.61 Å². The minimum Gasteiger partial charge on any atom is -0.434 e. The van der Waals surface area contributed by atoms with Gasteiger partial charge in [0.2, 0.25) is 0 Å². The predicted octanol–water partition coefficient (Wildman–Crippen LogP) is 2.71. The van der Waals surface area contributed by atoms with Gasteiger partial charge in [-0.25, -0.2) is 0 Å². The molecule has 1 rings (SSSR count). The lowest BCUT2D eigenvalue weighted by Gasteiger charge is -2.09. The largest absolute Gasteiger partial charge is 0.434 e. The molecule has 0 N–H and O–H groups in total. The van der Waals surface area contributed by atoms with Crippen LogP contribution >= 0.6 is 0 Å². The molecule has 0 fully saturated rings. The number of hydrogen-bond donors (Lipinski definition) is 0. The van der Waals surface area contributed by atoms with E-state index in [9.17, 15) is 23.7 Å². The van der Waals surface area contributed by atoms with Crippen molar-refractivity contribution >= 4 is 11.5 Å². The Balaban J connectivity index is 3.35. The highest BCUT2D eigenvalue weighted by Gasteiger charge is 2.20. The van der Waals surface area contributed by atoms with Crippen LogP contribution in [-0.2, 0) is 0 Å². The number of hydrogen-bond acceptors (Lipinski definition) is 4. The maximum absolute atomic E-state index is 12.1. The number of halogens is 2. The zero-order valence-corrected chi connectivity index (χ0v) is 9.07. The molecule has 7 heteroatoms. The molecule has 0 heterocycles. The molecular weight excluding hydrogens is 236 g/mol. The van der Waals surface area contributed by atoms with E-state index in [1.165, 1.54) is 6.92 Å². The van der Waals surface area contributed by atoms with Gasteiger partial charge in [-0.2, -0.15) is 8.78 Å². The molecule has 0 aromatic heterocycles. The van der Waals surface area contributed by atoms with Crippen LogP contribution in [0.1, 0.15) is 22.8 Å². The third-order valence-electron chi connectivity index (χ3n) is 2.09. The Kier molecular flexibility index (Phi) is 3.72. The number of carbonyl (C=O) groups excluding carboxylic acids is 1. The average molecular weight is 245 g/mol. The summed E-state index contributed by atoms with van der Waals surface area (Å²) in [5.41, 5.74) is -0.393. The summed E-state index contributed by atoms with van der Waals surface area (Å²) in [7, 11) is 0. The Morgan fingerprint density at radius 1 is 1.47 bits per heavy atom. The Hall–Kier alpha value is -2.05. The standard InChI is InChI=1S/C10H9F2NO4/c1-5-3-9(17-10(11)12)7(6(2)14)4-8(5)13(15)16/h3-4,10H,1-2H3. The zero-order valence-electron chi connectivity index (χ0n) is 9.07. The van der Waals surface area contributed by atoms with Crippen LogP contribution in [0.15, 0.2) is 12.1 Å². The highest BCUT2D eigenvalue weighted by Crippen LogP contribution is 2.29. The normalized spacial score (nSPS) is 10.4. The molecule has 0 bridgehead atoms. The van der Waals surface area contributed by atoms with Crippen molar-refractivity contribution in [3.63, 3.8) is 0 Å². The molecule has 0 radical (unpaired) electrons. The van der Waals surface area contributed by atoms with Crippen LogP contribution in [0.25, 0.3) is 0 Å². The number of alkyl halides is 2. The van der Waals surface area contributed by atoms with E-state index in [0.29, 0.717) is 0 Å². The second-order valence-electron chi connectivity index (χ2n) is 3.33. The summed E-state index contributed by atoms with van der Waals surface area (Å²) in [6.45, 7) is -0.596. The summed E-state index contributed by atoms with van der Waals surface area (Å²) in [6.07, 6.45) is 0. The topological polar surface area (TPSA) is 69.4 Å². The molecule has 0 saturated heterocycles. The fourth-order valence-electron chi connectivity index (χ4n) is 1.34. The first kappa shape index (κ1) is 13.0. The van der Waals surface area contributed by atoms with E-state index in [1.54, 1.807) is 0 Å². The molecule has 92 valence electrons. The monoisotopic (exact) mass is 245 g/mol. The van der Waals surface area contributed by atoms with Crippen LogP contribution in [0, 0.1) is 17.0 Å². The number of nitrogens with zero attached hydrogens (tertiary/aromatic N) is 1. The van der Waals surface area contributed by atoms with Crippen molar-refractivity contribution in [2.75, 3.05) is 0 Å². The number of Topliss-reactive ketones (excluding diaryl/α,β-unsaturated/α-hetero) is 1. The number of ether oxygens (including phenoxy) is 1. The van der Waals surface area contributed by atoms with Crippen molar-refractivity contribution in [3.05, 3.63) is 33.4 Å². The molecule has 0 spiro atoms. The van der Waals surface area contributed by atoms with Crippen LogP contribution < -0.4 is 4.74 Å². The van der Waals surface area contributed by atoms with E-state index in [1.807, 2.05) is 0 Å². The third kappa shape index (κ3) is 2.96. The third-order valence-corrected chi connectivity index (χ3v) is 2.09. The number of aryl methyl sites for hydroxylation is 1. The maximum atomic E-state index is 12.1. The highest BCUT2D eigenvalue weighted by molar-refractivity contribution is 5.97. The molecule has 0 aliphatic heterocycles. The Labute approximate surface area is 95.2 Å². The SMILES string of the molecule is CC(=O)c1cc([N+](=O)[O-])c(C)cc1OC(F)F. The molecule has 0 saturated carbocycles. The predicted molar refractivity (Wildman–Crippen MR) is 54.5 cm³/mol. The van der Waals surface area contributed by atoms with Crippen molar-refractivity contribution in [2.45, 2.75) is 20.5 Å². The first-order valence-electron chi connectivity index (χ1n) is 4.57. The lowest BCUT2D eigenvalue weighted by molar-refractivity contribution is -0.385. The van der Waals surface area contributed by atoms with E-state index in [-0.39, 0.29) is 22.6 Å². The molecule has 1 aromatic carbocycles. The number of nitro benzene ring substituents is 1. The summed E-state index contributed by atoms with van der Waals surface area (Å²) >= 11 is 0. The van der Waals surface area contributed by atoms with Gasteiger partial charge < -0.3 is 4.74 Å². The van der Waals surface area contributed by atoms with E-state index in [0.717, 1.165) is 19.1 Å². The van der Waals surface area contributed by atoms with Gasteiger partial charge in [-0.05, 0) is 19.9 Å². The fraction of sp³-hybridized carbons (Fsp3) is 0.300. The lowest BCUT2D eigenvalue weighted by atomic mass is 10.1. The summed E-state index contributed by atoms with van der Waals surface area (Å²) < 4.78 is 28.3. The molecular formula is C10H9F2NO4. The minimum absolute atomic E-state index is 0.149. The number of ketones is 1. The van der Waals surface area contributed by atoms with Crippen LogP contribution in [-0.4, -0.2) is 17.3 Å². The molecule has 17 heavy (non-hydrogen) atoms. The molecule has 0 aliphatic rings. The van der Waals surface area contributed by atoms with E-state index < -0.39 is 17.3 Å². The number of carbonyl (C=O) groups is 1. The molecule has 1 aromatic rings. The van der Waals surface area contributed by atoms with Crippen molar-refractivity contribution in [2.24, 2.45) is 0 Å². The molecule has 0 aliphatic carbocycles. The molecule has 0 amide bonds. The van der Waals surface area contributed by atoms with E-state index in [4.69, 9.17) is 0 Å². The number of nitro groups is 1. The maximum Gasteiger partial charge on any atom is 0.387 e. The lowest BCUT2D eigenvalue weighted by Crippen LogP contribution is -2.08. The Bertz CT molecular complexity index is 474. The summed E-state index contributed by atoms with van der Waals surface area (Å²) in [6, 6.07) is 2.00. The van der Waals surface area contributed by atoms with Crippen LogP contribution in [0.5, 0.6) is 5.75 Å². The summed E-state index contributed by atoms with van der Waals surface area (Å²) in [5.74, 6) is -0.931. The first-order chi connectivity index (χ1) is 7.82. The highest BCUT2D eigenvalue weighted by atomic mass is 19.3. The minimum atomic E-state index is -3.09. The summed E-state index contributed by atoms with van der Waals surface area (Å²) in [4.78, 5) is 21.1. The molecule has 0 atom stereocenters. The molecule has 5 nitrogen and oxygen atoms in total. The van der Waals surface area contributed by atoms with E-state index in [2.05, 4.69) is 4.74 Å². The average Bonchev–Trinajstić information content (AvgIpc) is 2.15. The number of rotatable bonds is 4. The summed E-state index contributed by atoms with van der Waals surface area (Å²) in [5, 5.41) is 10.6. The van der Waals surface area contributed by atoms with Crippen LogP contribution in [0.2, 0.25) is 0 Å².